The van der Waals surface area contributed by atoms with Crippen LogP contribution in [-0.2, 0) is 14.2 Å². The van der Waals surface area contributed by atoms with Gasteiger partial charge in [0.15, 0.2) is 0 Å². The first-order chi connectivity index (χ1) is 5.37. The maximum Gasteiger partial charge on any atom is 0.313 e. The number of aliphatic carboxylic acids is 2. The summed E-state index contributed by atoms with van der Waals surface area (Å²) in [7, 11) is -2.59. The lowest BCUT2D eigenvalue weighted by atomic mass is 10.5. The van der Waals surface area contributed by atoms with Crippen molar-refractivity contribution >= 4 is 19.7 Å². The molecule has 0 rings (SSSR count). The van der Waals surface area contributed by atoms with Crippen LogP contribution in [0.1, 0.15) is 13.8 Å². The van der Waals surface area contributed by atoms with E-state index in [-0.39, 0.29) is 0 Å². The van der Waals surface area contributed by atoms with Crippen molar-refractivity contribution in [3.63, 3.8) is 0 Å². The van der Waals surface area contributed by atoms with Crippen LogP contribution in [0.15, 0.2) is 0 Å². The molecular formula is C6H11O5P. The Bertz CT molecular complexity index is 202. The number of carbonyl (C=O) groups is 2. The lowest BCUT2D eigenvalue weighted by molar-refractivity contribution is -0.136. The van der Waals surface area contributed by atoms with E-state index in [1.807, 2.05) is 0 Å². The fraction of sp³-hybridized carbons (Fsp3) is 0.667. The summed E-state index contributed by atoms with van der Waals surface area (Å²) in [6.45, 7) is 2.51. The Hall–Kier alpha value is -0.830. The van der Waals surface area contributed by atoms with Crippen molar-refractivity contribution in [3.05, 3.63) is 0 Å². The number of carboxylic acid groups (broad SMARTS) is 2. The van der Waals surface area contributed by atoms with Gasteiger partial charge in [0.2, 0.25) is 0 Å². The highest BCUT2D eigenvalue weighted by Crippen LogP contribution is 2.33. The molecule has 0 heterocycles. The van der Waals surface area contributed by atoms with Crippen molar-refractivity contribution in [2.45, 2.75) is 25.2 Å². The highest BCUT2D eigenvalue weighted by molar-refractivity contribution is 7.48. The molecule has 0 saturated carbocycles. The molecule has 0 fully saturated rings. The molecule has 0 aliphatic rings. The first kappa shape index (κ1) is 11.2. The maximum absolute atomic E-state index is 11.1. The van der Waals surface area contributed by atoms with Crippen LogP contribution >= 0.6 is 7.80 Å². The molecular weight excluding hydrogens is 183 g/mol. The van der Waals surface area contributed by atoms with Gasteiger partial charge in [0, 0.05) is 0 Å². The largest absolute Gasteiger partial charge is 0.481 e. The molecule has 0 aromatic carbocycles. The zero-order chi connectivity index (χ0) is 9.89. The molecule has 2 N–H and O–H groups in total. The Labute approximate surface area is 70.2 Å². The van der Waals surface area contributed by atoms with Gasteiger partial charge in [0.25, 0.3) is 0 Å². The molecule has 0 radical (unpaired) electrons. The summed E-state index contributed by atoms with van der Waals surface area (Å²) in [5.74, 6) is -2.43. The summed E-state index contributed by atoms with van der Waals surface area (Å²) in [6.07, 6.45) is 0. The van der Waals surface area contributed by atoms with Crippen molar-refractivity contribution in [3.8, 4) is 0 Å². The molecule has 2 unspecified atom stereocenters. The van der Waals surface area contributed by atoms with Gasteiger partial charge in [0.05, 0.1) is 0 Å². The van der Waals surface area contributed by atoms with Gasteiger partial charge in [-0.3, -0.25) is 9.59 Å². The third-order valence-corrected chi connectivity index (χ3v) is 3.80. The highest BCUT2D eigenvalue weighted by Gasteiger charge is 2.27. The summed E-state index contributed by atoms with van der Waals surface area (Å²) in [6, 6.07) is 0. The third-order valence-electron chi connectivity index (χ3n) is 1.59. The van der Waals surface area contributed by atoms with E-state index in [4.69, 9.17) is 10.2 Å². The Kier molecular flexibility index (Phi) is 3.96. The Balaban J connectivity index is 4.39. The highest BCUT2D eigenvalue weighted by atomic mass is 31.1. The molecule has 6 heteroatoms. The van der Waals surface area contributed by atoms with E-state index in [2.05, 4.69) is 0 Å². The number of carboxylic acids is 2. The molecule has 12 heavy (non-hydrogen) atoms. The predicted octanol–water partition coefficient (Wildman–Crippen LogP) is 0.492. The van der Waals surface area contributed by atoms with Crippen LogP contribution in [0.4, 0.5) is 0 Å². The lowest BCUT2D eigenvalue weighted by Crippen LogP contribution is -2.20. The minimum absolute atomic E-state index is 1.07. The predicted molar refractivity (Wildman–Crippen MR) is 43.2 cm³/mol. The molecule has 0 aliphatic carbocycles. The third kappa shape index (κ3) is 2.66. The van der Waals surface area contributed by atoms with Crippen LogP contribution in [0.25, 0.3) is 0 Å². The standard InChI is InChI=1S/C6H11O5P/c1-3(5(7)8)12(11)4(2)6(9)10/h3-4,12H,1-2H3,(H,7,8)(H,9,10). The molecule has 0 aromatic heterocycles. The first-order valence-corrected chi connectivity index (χ1v) is 4.93. The van der Waals surface area contributed by atoms with E-state index in [9.17, 15) is 14.2 Å². The van der Waals surface area contributed by atoms with Crippen molar-refractivity contribution in [2.24, 2.45) is 0 Å². The summed E-state index contributed by atoms with van der Waals surface area (Å²) in [5, 5.41) is 16.8. The molecule has 0 saturated heterocycles. The second-order valence-corrected chi connectivity index (χ2v) is 5.06. The van der Waals surface area contributed by atoms with Crippen LogP contribution in [0.5, 0.6) is 0 Å². The molecule has 0 aliphatic heterocycles. The quantitative estimate of drug-likeness (QED) is 0.635. The fourth-order valence-corrected chi connectivity index (χ4v) is 1.86. The van der Waals surface area contributed by atoms with Gasteiger partial charge >= 0.3 is 11.9 Å². The molecule has 0 bridgehead atoms. The van der Waals surface area contributed by atoms with Gasteiger partial charge in [-0.2, -0.15) is 0 Å². The van der Waals surface area contributed by atoms with E-state index in [0.717, 1.165) is 0 Å². The Morgan fingerprint density at radius 3 is 1.50 bits per heavy atom. The van der Waals surface area contributed by atoms with Crippen molar-refractivity contribution in [1.29, 1.82) is 0 Å². The second kappa shape index (κ2) is 4.26. The van der Waals surface area contributed by atoms with Gasteiger partial charge in [-0.25, -0.2) is 0 Å². The first-order valence-electron chi connectivity index (χ1n) is 3.37. The normalized spacial score (nSPS) is 17.8. The zero-order valence-electron chi connectivity index (χ0n) is 6.77. The topological polar surface area (TPSA) is 91.7 Å². The van der Waals surface area contributed by atoms with Crippen LogP contribution in [0.2, 0.25) is 0 Å². The molecule has 70 valence electrons. The SMILES string of the molecule is CC(C(=O)O)[PH](=O)C(C)C(=O)O. The number of hydrogen-bond acceptors (Lipinski definition) is 3. The Morgan fingerprint density at radius 1 is 1.08 bits per heavy atom. The summed E-state index contributed by atoms with van der Waals surface area (Å²) in [5.41, 5.74) is -2.14. The maximum atomic E-state index is 11.1. The average Bonchev–Trinajstić information content (AvgIpc) is 2.00. The van der Waals surface area contributed by atoms with Crippen molar-refractivity contribution in [1.82, 2.24) is 0 Å². The van der Waals surface area contributed by atoms with E-state index in [1.165, 1.54) is 13.8 Å². The van der Waals surface area contributed by atoms with Gasteiger partial charge in [-0.05, 0) is 13.8 Å². The van der Waals surface area contributed by atoms with Gasteiger partial charge in [-0.15, -0.1) is 0 Å². The summed E-state index contributed by atoms with van der Waals surface area (Å²) in [4.78, 5) is 20.6. The van der Waals surface area contributed by atoms with E-state index >= 15 is 0 Å². The zero-order valence-corrected chi connectivity index (χ0v) is 7.77. The molecule has 0 aromatic rings. The van der Waals surface area contributed by atoms with Gasteiger partial charge in [-0.1, -0.05) is 0 Å². The summed E-state index contributed by atoms with van der Waals surface area (Å²) >= 11 is 0. The van der Waals surface area contributed by atoms with E-state index in [0.29, 0.717) is 0 Å². The molecule has 0 amide bonds. The minimum Gasteiger partial charge on any atom is -0.481 e. The van der Waals surface area contributed by atoms with E-state index in [1.54, 1.807) is 0 Å². The average molecular weight is 194 g/mol. The number of rotatable bonds is 4. The summed E-state index contributed by atoms with van der Waals surface area (Å²) < 4.78 is 11.1. The lowest BCUT2D eigenvalue weighted by Gasteiger charge is -2.09. The van der Waals surface area contributed by atoms with Crippen LogP contribution < -0.4 is 0 Å². The fourth-order valence-electron chi connectivity index (χ4n) is 0.618. The molecule has 0 spiro atoms. The van der Waals surface area contributed by atoms with Crippen LogP contribution in [0, 0.1) is 0 Å². The van der Waals surface area contributed by atoms with Crippen molar-refractivity contribution in [2.75, 3.05) is 0 Å². The van der Waals surface area contributed by atoms with Crippen LogP contribution in [-0.4, -0.2) is 33.5 Å². The van der Waals surface area contributed by atoms with Crippen LogP contribution in [0.3, 0.4) is 0 Å². The van der Waals surface area contributed by atoms with Crippen molar-refractivity contribution < 1.29 is 24.4 Å². The monoisotopic (exact) mass is 194 g/mol. The molecule has 2 atom stereocenters. The Morgan fingerprint density at radius 2 is 1.33 bits per heavy atom. The van der Waals surface area contributed by atoms with Gasteiger partial charge < -0.3 is 14.8 Å². The molecule has 5 nitrogen and oxygen atoms in total. The van der Waals surface area contributed by atoms with Gasteiger partial charge in [0.1, 0.15) is 19.1 Å². The number of hydrogen-bond donors (Lipinski definition) is 2. The second-order valence-electron chi connectivity index (χ2n) is 2.52. The smallest absolute Gasteiger partial charge is 0.313 e. The minimum atomic E-state index is -2.59. The van der Waals surface area contributed by atoms with E-state index < -0.39 is 31.1 Å².